The van der Waals surface area contributed by atoms with E-state index in [1.807, 2.05) is 0 Å². The van der Waals surface area contributed by atoms with Gasteiger partial charge in [0.1, 0.15) is 6.26 Å². The van der Waals surface area contributed by atoms with Crippen molar-refractivity contribution in [3.8, 4) is 0 Å². The molecule has 1 aromatic rings. The van der Waals surface area contributed by atoms with Crippen LogP contribution in [0.5, 0.6) is 0 Å². The van der Waals surface area contributed by atoms with Gasteiger partial charge in [0.15, 0.2) is 5.69 Å². The normalized spacial score (nSPS) is 19.9. The first-order valence-electron chi connectivity index (χ1n) is 6.62. The van der Waals surface area contributed by atoms with Crippen LogP contribution in [0.25, 0.3) is 0 Å². The minimum atomic E-state index is -0.420. The Bertz CT molecular complexity index is 403. The molecule has 0 radical (unpaired) electrons. The number of hydrogen-bond donors (Lipinski definition) is 0. The van der Waals surface area contributed by atoms with E-state index in [1.54, 1.807) is 6.92 Å². The van der Waals surface area contributed by atoms with Crippen LogP contribution in [0.15, 0.2) is 10.7 Å². The van der Waals surface area contributed by atoms with Crippen LogP contribution in [-0.4, -0.2) is 30.6 Å². The van der Waals surface area contributed by atoms with Crippen molar-refractivity contribution in [3.63, 3.8) is 0 Å². The van der Waals surface area contributed by atoms with Crippen LogP contribution in [0, 0.1) is 5.92 Å². The summed E-state index contributed by atoms with van der Waals surface area (Å²) in [6, 6.07) is 0.538. The number of carbonyl (C=O) groups is 1. The van der Waals surface area contributed by atoms with Gasteiger partial charge in [-0.1, -0.05) is 13.3 Å². The summed E-state index contributed by atoms with van der Waals surface area (Å²) in [7, 11) is 0. The number of nitrogens with zero attached hydrogens (tertiary/aromatic N) is 2. The number of esters is 1. The minimum absolute atomic E-state index is 0.255. The van der Waals surface area contributed by atoms with E-state index in [2.05, 4.69) is 16.8 Å². The third-order valence-electron chi connectivity index (χ3n) is 3.34. The zero-order chi connectivity index (χ0) is 13.0. The van der Waals surface area contributed by atoms with Crippen molar-refractivity contribution < 1.29 is 13.9 Å². The molecule has 2 rings (SSSR count). The van der Waals surface area contributed by atoms with Crippen LogP contribution >= 0.6 is 0 Å². The van der Waals surface area contributed by atoms with Crippen molar-refractivity contribution in [2.24, 2.45) is 5.92 Å². The first kappa shape index (κ1) is 12.9. The van der Waals surface area contributed by atoms with Crippen LogP contribution < -0.4 is 4.90 Å². The van der Waals surface area contributed by atoms with E-state index in [1.165, 1.54) is 19.1 Å². The molecule has 1 unspecified atom stereocenters. The lowest BCUT2D eigenvalue weighted by molar-refractivity contribution is 0.0519. The second kappa shape index (κ2) is 5.89. The van der Waals surface area contributed by atoms with E-state index in [-0.39, 0.29) is 5.69 Å². The molecule has 0 amide bonds. The van der Waals surface area contributed by atoms with Gasteiger partial charge in [0.05, 0.1) is 6.61 Å². The van der Waals surface area contributed by atoms with Crippen molar-refractivity contribution in [1.29, 1.82) is 0 Å². The molecule has 1 aliphatic heterocycles. The van der Waals surface area contributed by atoms with E-state index in [4.69, 9.17) is 9.15 Å². The van der Waals surface area contributed by atoms with Crippen molar-refractivity contribution in [2.75, 3.05) is 24.6 Å². The molecule has 0 aliphatic carbocycles. The molecule has 5 nitrogen and oxygen atoms in total. The number of rotatable bonds is 4. The maximum Gasteiger partial charge on any atom is 0.360 e. The number of oxazole rings is 1. The Balaban J connectivity index is 2.03. The zero-order valence-corrected chi connectivity index (χ0v) is 11.0. The van der Waals surface area contributed by atoms with E-state index >= 15 is 0 Å². The number of hydrogen-bond acceptors (Lipinski definition) is 5. The molecule has 0 aromatic carbocycles. The summed E-state index contributed by atoms with van der Waals surface area (Å²) < 4.78 is 10.3. The lowest BCUT2D eigenvalue weighted by Gasteiger charge is -2.30. The number of anilines is 1. The largest absolute Gasteiger partial charge is 0.461 e. The average Bonchev–Trinajstić information content (AvgIpc) is 2.89. The van der Waals surface area contributed by atoms with Gasteiger partial charge in [0.2, 0.25) is 0 Å². The van der Waals surface area contributed by atoms with Crippen molar-refractivity contribution >= 4 is 12.0 Å². The monoisotopic (exact) mass is 252 g/mol. The van der Waals surface area contributed by atoms with Gasteiger partial charge in [-0.25, -0.2) is 4.79 Å². The molecule has 0 bridgehead atoms. The highest BCUT2D eigenvalue weighted by atomic mass is 16.5. The molecule has 1 atom stereocenters. The van der Waals surface area contributed by atoms with Crippen molar-refractivity contribution in [3.05, 3.63) is 12.0 Å². The van der Waals surface area contributed by atoms with Gasteiger partial charge in [-0.2, -0.15) is 4.98 Å². The van der Waals surface area contributed by atoms with Crippen molar-refractivity contribution in [1.82, 2.24) is 4.98 Å². The van der Waals surface area contributed by atoms with Gasteiger partial charge in [0.25, 0.3) is 6.01 Å². The van der Waals surface area contributed by atoms with Crippen LogP contribution in [0.2, 0.25) is 0 Å². The molecule has 1 aliphatic rings. The Labute approximate surface area is 107 Å². The van der Waals surface area contributed by atoms with E-state index in [9.17, 15) is 4.79 Å². The molecule has 0 saturated carbocycles. The summed E-state index contributed by atoms with van der Waals surface area (Å²) in [6.45, 7) is 6.23. The molecule has 18 heavy (non-hydrogen) atoms. The highest BCUT2D eigenvalue weighted by Crippen LogP contribution is 2.24. The highest BCUT2D eigenvalue weighted by molar-refractivity contribution is 5.87. The predicted molar refractivity (Wildman–Crippen MR) is 67.7 cm³/mol. The Hall–Kier alpha value is -1.52. The quantitative estimate of drug-likeness (QED) is 0.770. The predicted octanol–water partition coefficient (Wildman–Crippen LogP) is 2.48. The lowest BCUT2D eigenvalue weighted by Crippen LogP contribution is -2.35. The number of aromatic nitrogens is 1. The lowest BCUT2D eigenvalue weighted by atomic mass is 9.96. The highest BCUT2D eigenvalue weighted by Gasteiger charge is 2.23. The molecule has 0 N–H and O–H groups in total. The summed E-state index contributed by atoms with van der Waals surface area (Å²) in [6.07, 6.45) is 4.96. The van der Waals surface area contributed by atoms with Crippen LogP contribution in [-0.2, 0) is 4.74 Å². The van der Waals surface area contributed by atoms with Gasteiger partial charge in [-0.3, -0.25) is 0 Å². The Morgan fingerprint density at radius 2 is 2.44 bits per heavy atom. The molecule has 0 spiro atoms. The van der Waals surface area contributed by atoms with Gasteiger partial charge in [-0.15, -0.1) is 0 Å². The molecule has 2 heterocycles. The number of piperidine rings is 1. The first-order valence-corrected chi connectivity index (χ1v) is 6.62. The van der Waals surface area contributed by atoms with Gasteiger partial charge in [0, 0.05) is 13.1 Å². The third kappa shape index (κ3) is 2.83. The summed E-state index contributed by atoms with van der Waals surface area (Å²) in [5.41, 5.74) is 0.255. The smallest absolute Gasteiger partial charge is 0.360 e. The Morgan fingerprint density at radius 3 is 3.17 bits per heavy atom. The molecule has 5 heteroatoms. The molecule has 1 aromatic heterocycles. The van der Waals surface area contributed by atoms with Crippen molar-refractivity contribution in [2.45, 2.75) is 33.1 Å². The average molecular weight is 252 g/mol. The third-order valence-corrected chi connectivity index (χ3v) is 3.34. The SMILES string of the molecule is CCOC(=O)c1coc(N2CCCC(CC)C2)n1. The zero-order valence-electron chi connectivity index (χ0n) is 11.0. The second-order valence-corrected chi connectivity index (χ2v) is 4.60. The van der Waals surface area contributed by atoms with E-state index in [0.29, 0.717) is 18.5 Å². The van der Waals surface area contributed by atoms with Gasteiger partial charge in [-0.05, 0) is 25.7 Å². The molecular formula is C13H20N2O3. The number of carbonyl (C=O) groups excluding carboxylic acids is 1. The van der Waals surface area contributed by atoms with Crippen LogP contribution in [0.1, 0.15) is 43.6 Å². The van der Waals surface area contributed by atoms with E-state index < -0.39 is 5.97 Å². The number of ether oxygens (including phenoxy) is 1. The summed E-state index contributed by atoms with van der Waals surface area (Å²) in [5, 5.41) is 0. The molecular weight excluding hydrogens is 232 g/mol. The van der Waals surface area contributed by atoms with Gasteiger partial charge < -0.3 is 14.1 Å². The fourth-order valence-electron chi connectivity index (χ4n) is 2.28. The molecule has 1 fully saturated rings. The molecule has 1 saturated heterocycles. The second-order valence-electron chi connectivity index (χ2n) is 4.60. The topological polar surface area (TPSA) is 55.6 Å². The first-order chi connectivity index (χ1) is 8.74. The summed E-state index contributed by atoms with van der Waals surface area (Å²) in [4.78, 5) is 17.8. The standard InChI is InChI=1S/C13H20N2O3/c1-3-10-6-5-7-15(8-10)13-14-11(9-18-13)12(16)17-4-2/h9-10H,3-8H2,1-2H3. The maximum atomic E-state index is 11.5. The van der Waals surface area contributed by atoms with E-state index in [0.717, 1.165) is 19.5 Å². The van der Waals surface area contributed by atoms with Crippen LogP contribution in [0.3, 0.4) is 0 Å². The maximum absolute atomic E-state index is 11.5. The molecule has 100 valence electrons. The van der Waals surface area contributed by atoms with Crippen LogP contribution in [0.4, 0.5) is 6.01 Å². The minimum Gasteiger partial charge on any atom is -0.461 e. The fraction of sp³-hybridized carbons (Fsp3) is 0.692. The fourth-order valence-corrected chi connectivity index (χ4v) is 2.28. The summed E-state index contributed by atoms with van der Waals surface area (Å²) >= 11 is 0. The Kier molecular flexibility index (Phi) is 4.23. The van der Waals surface area contributed by atoms with Gasteiger partial charge >= 0.3 is 5.97 Å². The Morgan fingerprint density at radius 1 is 1.61 bits per heavy atom. The summed E-state index contributed by atoms with van der Waals surface area (Å²) in [5.74, 6) is 0.272.